The van der Waals surface area contributed by atoms with Crippen LogP contribution in [0, 0.1) is 0 Å². The molecule has 5 nitrogen and oxygen atoms in total. The fourth-order valence-electron chi connectivity index (χ4n) is 3.13. The first kappa shape index (κ1) is 14.7. The summed E-state index contributed by atoms with van der Waals surface area (Å²) < 4.78 is 0. The van der Waals surface area contributed by atoms with Crippen LogP contribution in [0.5, 0.6) is 0 Å². The average Bonchev–Trinajstić information content (AvgIpc) is 2.82. The molecule has 6 heteroatoms. The molecule has 1 saturated carbocycles. The Balaban J connectivity index is 1.72. The number of hydrogen-bond acceptors (Lipinski definition) is 6. The van der Waals surface area contributed by atoms with Gasteiger partial charge in [-0.05, 0) is 51.9 Å². The van der Waals surface area contributed by atoms with Crippen LogP contribution >= 0.6 is 11.3 Å². The van der Waals surface area contributed by atoms with Gasteiger partial charge in [-0.3, -0.25) is 4.90 Å². The third-order valence-corrected chi connectivity index (χ3v) is 5.42. The van der Waals surface area contributed by atoms with Crippen molar-refractivity contribution in [3.05, 3.63) is 17.3 Å². The van der Waals surface area contributed by atoms with Crippen molar-refractivity contribution in [1.29, 1.82) is 0 Å². The van der Waals surface area contributed by atoms with Crippen molar-refractivity contribution in [3.8, 4) is 0 Å². The molecule has 21 heavy (non-hydrogen) atoms. The third kappa shape index (κ3) is 2.75. The lowest BCUT2D eigenvalue weighted by Crippen LogP contribution is -2.56. The van der Waals surface area contributed by atoms with Crippen LogP contribution in [0.25, 0.3) is 10.2 Å². The number of likely N-dealkylation sites (N-methyl/N-ethyl adjacent to an activating group) is 2. The van der Waals surface area contributed by atoms with Gasteiger partial charge in [0, 0.05) is 12.1 Å². The average molecular weight is 305 g/mol. The summed E-state index contributed by atoms with van der Waals surface area (Å²) in [5, 5.41) is 2.98. The van der Waals surface area contributed by atoms with Crippen LogP contribution in [0.1, 0.15) is 25.1 Å². The molecule has 2 N–H and O–H groups in total. The Morgan fingerprint density at radius 2 is 2.05 bits per heavy atom. The van der Waals surface area contributed by atoms with E-state index < -0.39 is 0 Å². The highest BCUT2D eigenvalue weighted by Gasteiger charge is 2.39. The maximum atomic E-state index is 6.02. The molecule has 0 amide bonds. The molecule has 2 heterocycles. The van der Waals surface area contributed by atoms with Gasteiger partial charge in [0.15, 0.2) is 0 Å². The highest BCUT2D eigenvalue weighted by atomic mass is 32.1. The van der Waals surface area contributed by atoms with Gasteiger partial charge in [0.1, 0.15) is 16.5 Å². The van der Waals surface area contributed by atoms with Crippen LogP contribution in [-0.4, -0.2) is 53.0 Å². The number of fused-ring (bicyclic) bond motifs is 1. The van der Waals surface area contributed by atoms with Gasteiger partial charge in [-0.2, -0.15) is 0 Å². The summed E-state index contributed by atoms with van der Waals surface area (Å²) in [6, 6.07) is 1.98. The van der Waals surface area contributed by atoms with Crippen LogP contribution in [-0.2, 0) is 6.54 Å². The summed E-state index contributed by atoms with van der Waals surface area (Å²) >= 11 is 1.62. The number of nitrogens with two attached hydrogens (primary N) is 1. The molecular formula is C15H23N5S. The molecule has 0 spiro atoms. The molecule has 1 fully saturated rings. The first-order valence-electron chi connectivity index (χ1n) is 7.36. The summed E-state index contributed by atoms with van der Waals surface area (Å²) in [5.74, 6) is 1.41. The smallest absolute Gasteiger partial charge is 0.146 e. The van der Waals surface area contributed by atoms with E-state index in [-0.39, 0.29) is 0 Å². The van der Waals surface area contributed by atoms with E-state index in [2.05, 4.69) is 40.9 Å². The fourth-order valence-corrected chi connectivity index (χ4v) is 3.92. The van der Waals surface area contributed by atoms with Gasteiger partial charge in [0.05, 0.1) is 11.9 Å². The number of nitrogens with zero attached hydrogens (tertiary/aromatic N) is 4. The quantitative estimate of drug-likeness (QED) is 0.917. The van der Waals surface area contributed by atoms with Gasteiger partial charge in [-0.15, -0.1) is 11.3 Å². The molecule has 1 aliphatic carbocycles. The molecule has 0 atom stereocenters. The van der Waals surface area contributed by atoms with Gasteiger partial charge in [-0.25, -0.2) is 9.97 Å². The Morgan fingerprint density at radius 3 is 2.67 bits per heavy atom. The van der Waals surface area contributed by atoms with Gasteiger partial charge in [-0.1, -0.05) is 0 Å². The van der Waals surface area contributed by atoms with E-state index in [1.54, 1.807) is 11.3 Å². The molecule has 2 aromatic heterocycles. The minimum Gasteiger partial charge on any atom is -0.383 e. The Morgan fingerprint density at radius 1 is 1.29 bits per heavy atom. The van der Waals surface area contributed by atoms with E-state index in [1.807, 2.05) is 11.4 Å². The highest BCUT2D eigenvalue weighted by molar-refractivity contribution is 7.16. The molecule has 0 radical (unpaired) electrons. The molecule has 0 aliphatic heterocycles. The zero-order chi connectivity index (χ0) is 15.0. The van der Waals surface area contributed by atoms with Gasteiger partial charge in [0.2, 0.25) is 0 Å². The Kier molecular flexibility index (Phi) is 3.86. The zero-order valence-corrected chi connectivity index (χ0v) is 13.8. The van der Waals surface area contributed by atoms with Crippen molar-refractivity contribution >= 4 is 27.4 Å². The standard InChI is InChI=1S/C15H23N5S/c1-19(2)15(6-4-7-15)10-20(3)9-12-17-13(16)11-5-8-21-14(11)18-12/h5,8H,4,6-7,9-10H2,1-3H3,(H2,16,17,18). The number of hydrogen-bond donors (Lipinski definition) is 1. The van der Waals surface area contributed by atoms with E-state index in [9.17, 15) is 0 Å². The lowest BCUT2D eigenvalue weighted by atomic mass is 9.75. The van der Waals surface area contributed by atoms with E-state index in [0.29, 0.717) is 11.4 Å². The SMILES string of the molecule is CN(Cc1nc(N)c2ccsc2n1)CC1(N(C)C)CCC1. The van der Waals surface area contributed by atoms with Gasteiger partial charge >= 0.3 is 0 Å². The second kappa shape index (κ2) is 5.51. The number of rotatable bonds is 5. The van der Waals surface area contributed by atoms with Crippen LogP contribution in [0.15, 0.2) is 11.4 Å². The fraction of sp³-hybridized carbons (Fsp3) is 0.600. The predicted molar refractivity (Wildman–Crippen MR) is 88.4 cm³/mol. The zero-order valence-electron chi connectivity index (χ0n) is 13.0. The van der Waals surface area contributed by atoms with Crippen LogP contribution in [0.3, 0.4) is 0 Å². The molecule has 0 saturated heterocycles. The minimum absolute atomic E-state index is 0.327. The van der Waals surface area contributed by atoms with Crippen molar-refractivity contribution in [2.75, 3.05) is 33.4 Å². The molecule has 3 rings (SSSR count). The monoisotopic (exact) mass is 305 g/mol. The third-order valence-electron chi connectivity index (χ3n) is 4.61. The van der Waals surface area contributed by atoms with Gasteiger partial charge in [0.25, 0.3) is 0 Å². The molecule has 0 bridgehead atoms. The van der Waals surface area contributed by atoms with Crippen molar-refractivity contribution in [2.24, 2.45) is 0 Å². The summed E-state index contributed by atoms with van der Waals surface area (Å²) in [6.07, 6.45) is 3.88. The molecule has 0 unspecified atom stereocenters. The van der Waals surface area contributed by atoms with Crippen molar-refractivity contribution in [3.63, 3.8) is 0 Å². The number of aromatic nitrogens is 2. The molecule has 1 aliphatic rings. The Labute approximate surface area is 129 Å². The maximum Gasteiger partial charge on any atom is 0.146 e. The number of thiophene rings is 1. The minimum atomic E-state index is 0.327. The highest BCUT2D eigenvalue weighted by Crippen LogP contribution is 2.36. The number of anilines is 1. The maximum absolute atomic E-state index is 6.02. The van der Waals surface area contributed by atoms with Crippen molar-refractivity contribution in [1.82, 2.24) is 19.8 Å². The van der Waals surface area contributed by atoms with E-state index in [4.69, 9.17) is 5.73 Å². The largest absolute Gasteiger partial charge is 0.383 e. The second-order valence-electron chi connectivity index (χ2n) is 6.31. The Hall–Kier alpha value is -1.24. The summed E-state index contributed by atoms with van der Waals surface area (Å²) in [7, 11) is 6.50. The second-order valence-corrected chi connectivity index (χ2v) is 7.20. The summed E-state index contributed by atoms with van der Waals surface area (Å²) in [4.78, 5) is 14.7. The Bertz CT molecular complexity index is 632. The number of nitrogen functional groups attached to an aromatic ring is 1. The normalized spacial score (nSPS) is 17.6. The van der Waals surface area contributed by atoms with Crippen molar-refractivity contribution in [2.45, 2.75) is 31.3 Å². The van der Waals surface area contributed by atoms with Crippen LogP contribution in [0.4, 0.5) is 5.82 Å². The topological polar surface area (TPSA) is 58.3 Å². The molecule has 2 aromatic rings. The lowest BCUT2D eigenvalue weighted by molar-refractivity contribution is 0.0253. The van der Waals surface area contributed by atoms with Gasteiger partial charge < -0.3 is 10.6 Å². The molecular weight excluding hydrogens is 282 g/mol. The first-order valence-corrected chi connectivity index (χ1v) is 8.24. The van der Waals surface area contributed by atoms with Crippen LogP contribution < -0.4 is 5.73 Å². The van der Waals surface area contributed by atoms with E-state index in [1.165, 1.54) is 19.3 Å². The van der Waals surface area contributed by atoms with E-state index >= 15 is 0 Å². The molecule has 0 aromatic carbocycles. The van der Waals surface area contributed by atoms with E-state index in [0.717, 1.165) is 29.1 Å². The van der Waals surface area contributed by atoms with Crippen molar-refractivity contribution < 1.29 is 0 Å². The lowest BCUT2D eigenvalue weighted by Gasteiger charge is -2.49. The predicted octanol–water partition coefficient (Wildman–Crippen LogP) is 2.19. The first-order chi connectivity index (χ1) is 10.00. The summed E-state index contributed by atoms with van der Waals surface area (Å²) in [5.41, 5.74) is 6.35. The molecule has 114 valence electrons. The summed E-state index contributed by atoms with van der Waals surface area (Å²) in [6.45, 7) is 1.79. The van der Waals surface area contributed by atoms with Crippen LogP contribution in [0.2, 0.25) is 0 Å².